The fourth-order valence-corrected chi connectivity index (χ4v) is 2.72. The lowest BCUT2D eigenvalue weighted by Crippen LogP contribution is -2.40. The van der Waals surface area contributed by atoms with Crippen LogP contribution in [0.4, 0.5) is 10.5 Å². The van der Waals surface area contributed by atoms with Crippen molar-refractivity contribution in [1.29, 1.82) is 0 Å². The van der Waals surface area contributed by atoms with E-state index in [9.17, 15) is 13.2 Å². The average molecular weight is 304 g/mol. The summed E-state index contributed by atoms with van der Waals surface area (Å²) >= 11 is 5.88. The second-order valence-electron chi connectivity index (χ2n) is 4.47. The van der Waals surface area contributed by atoms with Gasteiger partial charge in [0.2, 0.25) is 0 Å². The molecule has 19 heavy (non-hydrogen) atoms. The van der Waals surface area contributed by atoms with Crippen molar-refractivity contribution in [1.82, 2.24) is 10.0 Å². The SMILES string of the molecule is Cc1c(N)cc(S(=O)(=O)NC(=O)NC2CC2)cc1Cl. The lowest BCUT2D eigenvalue weighted by atomic mass is 10.2. The normalized spacial score (nSPS) is 15.1. The van der Waals surface area contributed by atoms with Crippen molar-refractivity contribution >= 4 is 33.3 Å². The van der Waals surface area contributed by atoms with Gasteiger partial charge in [0, 0.05) is 16.8 Å². The minimum Gasteiger partial charge on any atom is -0.398 e. The first-order chi connectivity index (χ1) is 8.79. The smallest absolute Gasteiger partial charge is 0.328 e. The maximum Gasteiger partial charge on any atom is 0.328 e. The van der Waals surface area contributed by atoms with Crippen LogP contribution in [0.3, 0.4) is 0 Å². The average Bonchev–Trinajstić information content (AvgIpc) is 3.08. The highest BCUT2D eigenvalue weighted by Gasteiger charge is 2.26. The summed E-state index contributed by atoms with van der Waals surface area (Å²) in [6, 6.07) is 1.87. The minimum absolute atomic E-state index is 0.0712. The van der Waals surface area contributed by atoms with Crippen molar-refractivity contribution in [2.45, 2.75) is 30.7 Å². The number of carbonyl (C=O) groups excluding carboxylic acids is 1. The van der Waals surface area contributed by atoms with Crippen LogP contribution in [0.15, 0.2) is 17.0 Å². The van der Waals surface area contributed by atoms with Gasteiger partial charge in [0.05, 0.1) is 4.90 Å². The summed E-state index contributed by atoms with van der Waals surface area (Å²) in [4.78, 5) is 11.3. The Bertz CT molecular complexity index is 603. The van der Waals surface area contributed by atoms with Crippen LogP contribution in [0.1, 0.15) is 18.4 Å². The van der Waals surface area contributed by atoms with E-state index in [0.717, 1.165) is 12.8 Å². The molecule has 0 saturated heterocycles. The van der Waals surface area contributed by atoms with Gasteiger partial charge in [-0.1, -0.05) is 11.6 Å². The van der Waals surface area contributed by atoms with Crippen molar-refractivity contribution in [3.05, 3.63) is 22.7 Å². The van der Waals surface area contributed by atoms with E-state index in [1.165, 1.54) is 12.1 Å². The first-order valence-electron chi connectivity index (χ1n) is 5.68. The van der Waals surface area contributed by atoms with Gasteiger partial charge in [0.15, 0.2) is 0 Å². The molecule has 0 bridgehead atoms. The summed E-state index contributed by atoms with van der Waals surface area (Å²) in [6.45, 7) is 1.68. The van der Waals surface area contributed by atoms with E-state index in [1.54, 1.807) is 6.92 Å². The van der Waals surface area contributed by atoms with Crippen molar-refractivity contribution in [3.63, 3.8) is 0 Å². The van der Waals surface area contributed by atoms with E-state index in [0.29, 0.717) is 5.56 Å². The summed E-state index contributed by atoms with van der Waals surface area (Å²) in [7, 11) is -3.97. The number of nitrogens with one attached hydrogen (secondary N) is 2. The molecule has 1 aliphatic carbocycles. The molecule has 0 spiro atoms. The van der Waals surface area contributed by atoms with Gasteiger partial charge in [-0.05, 0) is 37.5 Å². The van der Waals surface area contributed by atoms with Gasteiger partial charge in [0.25, 0.3) is 10.0 Å². The van der Waals surface area contributed by atoms with E-state index in [1.807, 2.05) is 4.72 Å². The third-order valence-corrected chi connectivity index (χ3v) is 4.51. The predicted octanol–water partition coefficient (Wildman–Crippen LogP) is 1.38. The van der Waals surface area contributed by atoms with Gasteiger partial charge in [-0.2, -0.15) is 0 Å². The van der Waals surface area contributed by atoms with E-state index in [2.05, 4.69) is 5.32 Å². The second-order valence-corrected chi connectivity index (χ2v) is 6.56. The highest BCUT2D eigenvalue weighted by atomic mass is 35.5. The van der Waals surface area contributed by atoms with Crippen LogP contribution < -0.4 is 15.8 Å². The predicted molar refractivity (Wildman–Crippen MR) is 72.5 cm³/mol. The maximum atomic E-state index is 12.0. The highest BCUT2D eigenvalue weighted by molar-refractivity contribution is 7.90. The van der Waals surface area contributed by atoms with Crippen LogP contribution in [0.5, 0.6) is 0 Å². The molecule has 1 fully saturated rings. The van der Waals surface area contributed by atoms with Crippen molar-refractivity contribution in [2.24, 2.45) is 0 Å². The number of anilines is 1. The van der Waals surface area contributed by atoms with Crippen molar-refractivity contribution in [3.8, 4) is 0 Å². The third kappa shape index (κ3) is 3.30. The zero-order valence-corrected chi connectivity index (χ0v) is 11.8. The number of nitrogens with two attached hydrogens (primary N) is 1. The molecule has 2 rings (SSSR count). The lowest BCUT2D eigenvalue weighted by Gasteiger charge is -2.10. The third-order valence-electron chi connectivity index (χ3n) is 2.81. The van der Waals surface area contributed by atoms with Crippen LogP contribution >= 0.6 is 11.6 Å². The van der Waals surface area contributed by atoms with Gasteiger partial charge >= 0.3 is 6.03 Å². The topological polar surface area (TPSA) is 101 Å². The molecule has 4 N–H and O–H groups in total. The van der Waals surface area contributed by atoms with E-state index < -0.39 is 16.1 Å². The number of nitrogen functional groups attached to an aromatic ring is 1. The van der Waals surface area contributed by atoms with Crippen LogP contribution in [0, 0.1) is 6.92 Å². The number of carbonyl (C=O) groups is 1. The fraction of sp³-hybridized carbons (Fsp3) is 0.364. The Balaban J connectivity index is 2.21. The molecule has 0 radical (unpaired) electrons. The number of hydrogen-bond acceptors (Lipinski definition) is 4. The van der Waals surface area contributed by atoms with E-state index in [-0.39, 0.29) is 21.6 Å². The van der Waals surface area contributed by atoms with E-state index in [4.69, 9.17) is 17.3 Å². The van der Waals surface area contributed by atoms with Gasteiger partial charge in [-0.25, -0.2) is 17.9 Å². The molecule has 1 saturated carbocycles. The molecular weight excluding hydrogens is 290 g/mol. The largest absolute Gasteiger partial charge is 0.398 e. The summed E-state index contributed by atoms with van der Waals surface area (Å²) in [6.07, 6.45) is 1.74. The molecule has 0 aliphatic heterocycles. The summed E-state index contributed by atoms with van der Waals surface area (Å²) < 4.78 is 25.9. The number of sulfonamides is 1. The maximum absolute atomic E-state index is 12.0. The molecule has 8 heteroatoms. The molecule has 0 aromatic heterocycles. The molecule has 0 atom stereocenters. The quantitative estimate of drug-likeness (QED) is 0.734. The number of rotatable bonds is 3. The van der Waals surface area contributed by atoms with Crippen molar-refractivity contribution in [2.75, 3.05) is 5.73 Å². The summed E-state index contributed by atoms with van der Waals surface area (Å²) in [5, 5.41) is 2.77. The summed E-state index contributed by atoms with van der Waals surface area (Å²) in [5.74, 6) is 0. The number of halogens is 1. The molecular formula is C11H14ClN3O3S. The molecule has 1 aromatic rings. The molecule has 6 nitrogen and oxygen atoms in total. The minimum atomic E-state index is -3.97. The zero-order chi connectivity index (χ0) is 14.2. The van der Waals surface area contributed by atoms with E-state index >= 15 is 0 Å². The first kappa shape index (κ1) is 14.0. The van der Waals surface area contributed by atoms with Crippen molar-refractivity contribution < 1.29 is 13.2 Å². The van der Waals surface area contributed by atoms with Gasteiger partial charge in [-0.3, -0.25) is 0 Å². The molecule has 1 aliphatic rings. The monoisotopic (exact) mass is 303 g/mol. The molecule has 104 valence electrons. The molecule has 0 heterocycles. The number of amides is 2. The zero-order valence-electron chi connectivity index (χ0n) is 10.2. The second kappa shape index (κ2) is 4.90. The van der Waals surface area contributed by atoms with Crippen LogP contribution in [-0.4, -0.2) is 20.5 Å². The van der Waals surface area contributed by atoms with Crippen LogP contribution in [0.25, 0.3) is 0 Å². The number of benzene rings is 1. The molecule has 2 amide bonds. The summed E-state index contributed by atoms with van der Waals surface area (Å²) in [5.41, 5.74) is 6.52. The van der Waals surface area contributed by atoms with Gasteiger partial charge in [0.1, 0.15) is 0 Å². The highest BCUT2D eigenvalue weighted by Crippen LogP contribution is 2.26. The van der Waals surface area contributed by atoms with Gasteiger partial charge in [-0.15, -0.1) is 0 Å². The van der Waals surface area contributed by atoms with Crippen LogP contribution in [0.2, 0.25) is 5.02 Å². The Morgan fingerprint density at radius 1 is 1.42 bits per heavy atom. The molecule has 0 unspecified atom stereocenters. The number of urea groups is 1. The Morgan fingerprint density at radius 3 is 2.58 bits per heavy atom. The standard InChI is InChI=1S/C11H14ClN3O3S/c1-6-9(12)4-8(5-10(6)13)19(17,18)15-11(16)14-7-2-3-7/h4-5,7H,2-3,13H2,1H3,(H2,14,15,16). The van der Waals surface area contributed by atoms with Crippen LogP contribution in [-0.2, 0) is 10.0 Å². The Hall–Kier alpha value is -1.47. The Morgan fingerprint density at radius 2 is 2.05 bits per heavy atom. The fourth-order valence-electron chi connectivity index (χ4n) is 1.45. The molecule has 1 aromatic carbocycles. The first-order valence-corrected chi connectivity index (χ1v) is 7.54. The number of hydrogen-bond donors (Lipinski definition) is 3. The Labute approximate surface area is 116 Å². The van der Waals surface area contributed by atoms with Gasteiger partial charge < -0.3 is 11.1 Å². The Kier molecular flexibility index (Phi) is 3.60. The lowest BCUT2D eigenvalue weighted by molar-refractivity contribution is 0.245.